The summed E-state index contributed by atoms with van der Waals surface area (Å²) in [5, 5.41) is 3.41. The van der Waals surface area contributed by atoms with Crippen LogP contribution >= 0.6 is 15.9 Å². The molecule has 0 saturated carbocycles. The van der Waals surface area contributed by atoms with Crippen LogP contribution in [-0.2, 0) is 0 Å². The van der Waals surface area contributed by atoms with Gasteiger partial charge in [0.25, 0.3) is 0 Å². The minimum absolute atomic E-state index is 0.400. The highest BCUT2D eigenvalue weighted by Gasteiger charge is 2.22. The highest BCUT2D eigenvalue weighted by atomic mass is 79.9. The van der Waals surface area contributed by atoms with E-state index >= 15 is 0 Å². The first-order valence-electron chi connectivity index (χ1n) is 7.04. The van der Waals surface area contributed by atoms with Gasteiger partial charge in [-0.25, -0.2) is 0 Å². The van der Waals surface area contributed by atoms with Crippen molar-refractivity contribution in [2.24, 2.45) is 0 Å². The third-order valence-electron chi connectivity index (χ3n) is 3.69. The second-order valence-electron chi connectivity index (χ2n) is 5.36. The Morgan fingerprint density at radius 3 is 2.70 bits per heavy atom. The van der Waals surface area contributed by atoms with Crippen molar-refractivity contribution in [1.29, 1.82) is 0 Å². The SMILES string of the molecule is C=C(C)C[C@@H](c1ccc(OC)c(Br)c1)N1CCNCC1. The van der Waals surface area contributed by atoms with Gasteiger partial charge < -0.3 is 10.1 Å². The van der Waals surface area contributed by atoms with Crippen molar-refractivity contribution in [3.05, 3.63) is 40.4 Å². The summed E-state index contributed by atoms with van der Waals surface area (Å²) in [5.41, 5.74) is 2.54. The Balaban J connectivity index is 2.25. The van der Waals surface area contributed by atoms with E-state index in [0.717, 1.165) is 42.8 Å². The number of nitrogens with one attached hydrogen (secondary N) is 1. The van der Waals surface area contributed by atoms with Crippen LogP contribution in [0, 0.1) is 0 Å². The van der Waals surface area contributed by atoms with Gasteiger partial charge in [-0.3, -0.25) is 4.90 Å². The van der Waals surface area contributed by atoms with Crippen LogP contribution in [0.25, 0.3) is 0 Å². The van der Waals surface area contributed by atoms with Crippen molar-refractivity contribution in [3.8, 4) is 5.75 Å². The first-order valence-corrected chi connectivity index (χ1v) is 7.83. The Morgan fingerprint density at radius 2 is 2.15 bits per heavy atom. The van der Waals surface area contributed by atoms with Gasteiger partial charge >= 0.3 is 0 Å². The molecule has 0 unspecified atom stereocenters. The maximum atomic E-state index is 5.32. The van der Waals surface area contributed by atoms with Crippen LogP contribution in [0.4, 0.5) is 0 Å². The highest BCUT2D eigenvalue weighted by molar-refractivity contribution is 9.10. The van der Waals surface area contributed by atoms with Crippen LogP contribution < -0.4 is 10.1 Å². The number of rotatable bonds is 5. The molecule has 1 aromatic carbocycles. The van der Waals surface area contributed by atoms with Crippen molar-refractivity contribution >= 4 is 15.9 Å². The minimum Gasteiger partial charge on any atom is -0.496 e. The van der Waals surface area contributed by atoms with E-state index in [1.807, 2.05) is 6.07 Å². The van der Waals surface area contributed by atoms with Gasteiger partial charge in [0.2, 0.25) is 0 Å². The molecule has 1 saturated heterocycles. The smallest absolute Gasteiger partial charge is 0.133 e. The molecule has 3 nitrogen and oxygen atoms in total. The van der Waals surface area contributed by atoms with E-state index in [1.54, 1.807) is 7.11 Å². The summed E-state index contributed by atoms with van der Waals surface area (Å²) in [4.78, 5) is 2.54. The summed E-state index contributed by atoms with van der Waals surface area (Å²) in [5.74, 6) is 0.878. The zero-order valence-electron chi connectivity index (χ0n) is 12.3. The summed E-state index contributed by atoms with van der Waals surface area (Å²) in [6.07, 6.45) is 0.999. The van der Waals surface area contributed by atoms with Gasteiger partial charge in [-0.2, -0.15) is 0 Å². The van der Waals surface area contributed by atoms with Crippen LogP contribution in [0.3, 0.4) is 0 Å². The van der Waals surface area contributed by atoms with Gasteiger partial charge in [-0.15, -0.1) is 6.58 Å². The van der Waals surface area contributed by atoms with Gasteiger partial charge in [-0.05, 0) is 47.0 Å². The van der Waals surface area contributed by atoms with Gasteiger partial charge in [0.15, 0.2) is 0 Å². The fourth-order valence-corrected chi connectivity index (χ4v) is 3.23. The Labute approximate surface area is 130 Å². The van der Waals surface area contributed by atoms with E-state index in [9.17, 15) is 0 Å². The predicted molar refractivity (Wildman–Crippen MR) is 87.3 cm³/mol. The number of hydrogen-bond donors (Lipinski definition) is 1. The first kappa shape index (κ1) is 15.5. The van der Waals surface area contributed by atoms with E-state index in [4.69, 9.17) is 4.74 Å². The van der Waals surface area contributed by atoms with Gasteiger partial charge in [0.05, 0.1) is 11.6 Å². The van der Waals surface area contributed by atoms with Crippen molar-refractivity contribution in [1.82, 2.24) is 10.2 Å². The van der Waals surface area contributed by atoms with Gasteiger partial charge in [0.1, 0.15) is 5.75 Å². The Hall–Kier alpha value is -0.840. The molecule has 0 spiro atoms. The normalized spacial score (nSPS) is 17.8. The van der Waals surface area contributed by atoms with Crippen molar-refractivity contribution in [2.75, 3.05) is 33.3 Å². The van der Waals surface area contributed by atoms with Gasteiger partial charge in [0, 0.05) is 32.2 Å². The first-order chi connectivity index (χ1) is 9.61. The summed E-state index contributed by atoms with van der Waals surface area (Å²) < 4.78 is 6.33. The largest absolute Gasteiger partial charge is 0.496 e. The van der Waals surface area contributed by atoms with Crippen molar-refractivity contribution in [3.63, 3.8) is 0 Å². The monoisotopic (exact) mass is 338 g/mol. The van der Waals surface area contributed by atoms with Crippen LogP contribution in [-0.4, -0.2) is 38.2 Å². The number of benzene rings is 1. The third kappa shape index (κ3) is 3.84. The van der Waals surface area contributed by atoms with Gasteiger partial charge in [-0.1, -0.05) is 11.6 Å². The van der Waals surface area contributed by atoms with E-state index in [2.05, 4.69) is 51.8 Å². The van der Waals surface area contributed by atoms with Crippen molar-refractivity contribution in [2.45, 2.75) is 19.4 Å². The van der Waals surface area contributed by atoms with Crippen molar-refractivity contribution < 1.29 is 4.74 Å². The summed E-state index contributed by atoms with van der Waals surface area (Å²) in [7, 11) is 1.70. The lowest BCUT2D eigenvalue weighted by Crippen LogP contribution is -2.45. The number of halogens is 1. The molecule has 0 radical (unpaired) electrons. The van der Waals surface area contributed by atoms with Crippen LogP contribution in [0.15, 0.2) is 34.8 Å². The van der Waals surface area contributed by atoms with Crippen LogP contribution in [0.5, 0.6) is 5.75 Å². The van der Waals surface area contributed by atoms with E-state index in [1.165, 1.54) is 11.1 Å². The van der Waals surface area contributed by atoms with Crippen LogP contribution in [0.1, 0.15) is 24.9 Å². The summed E-state index contributed by atoms with van der Waals surface area (Å²) >= 11 is 3.59. The second-order valence-corrected chi connectivity index (χ2v) is 6.21. The maximum Gasteiger partial charge on any atom is 0.133 e. The standard InChI is InChI=1S/C16H23BrN2O/c1-12(2)10-15(19-8-6-18-7-9-19)13-4-5-16(20-3)14(17)11-13/h4-5,11,15,18H,1,6-10H2,2-3H3/t15-/m0/s1. The molecule has 0 aliphatic carbocycles. The number of hydrogen-bond acceptors (Lipinski definition) is 3. The third-order valence-corrected chi connectivity index (χ3v) is 4.31. The summed E-state index contributed by atoms with van der Waals surface area (Å²) in [6.45, 7) is 10.5. The fraction of sp³-hybridized carbons (Fsp3) is 0.500. The second kappa shape index (κ2) is 7.25. The topological polar surface area (TPSA) is 24.5 Å². The average molecular weight is 339 g/mol. The van der Waals surface area contributed by atoms with E-state index in [0.29, 0.717) is 6.04 Å². The molecule has 1 fully saturated rings. The summed E-state index contributed by atoms with van der Waals surface area (Å²) in [6, 6.07) is 6.78. The Morgan fingerprint density at radius 1 is 1.45 bits per heavy atom. The molecule has 2 rings (SSSR count). The molecule has 1 aliphatic heterocycles. The lowest BCUT2D eigenvalue weighted by atomic mass is 9.98. The molecule has 1 heterocycles. The average Bonchev–Trinajstić information content (AvgIpc) is 2.45. The number of methoxy groups -OCH3 is 1. The molecule has 1 N–H and O–H groups in total. The zero-order chi connectivity index (χ0) is 14.5. The lowest BCUT2D eigenvalue weighted by molar-refractivity contribution is 0.172. The fourth-order valence-electron chi connectivity index (χ4n) is 2.67. The molecule has 110 valence electrons. The Bertz CT molecular complexity index is 470. The van der Waals surface area contributed by atoms with E-state index < -0.39 is 0 Å². The van der Waals surface area contributed by atoms with Crippen LogP contribution in [0.2, 0.25) is 0 Å². The van der Waals surface area contributed by atoms with E-state index in [-0.39, 0.29) is 0 Å². The number of nitrogens with zero attached hydrogens (tertiary/aromatic N) is 1. The highest BCUT2D eigenvalue weighted by Crippen LogP contribution is 2.33. The quantitative estimate of drug-likeness (QED) is 0.833. The molecule has 0 bridgehead atoms. The maximum absolute atomic E-state index is 5.32. The molecular formula is C16H23BrN2O. The molecule has 1 aliphatic rings. The molecule has 0 aromatic heterocycles. The predicted octanol–water partition coefficient (Wildman–Crippen LogP) is 3.37. The molecular weight excluding hydrogens is 316 g/mol. The molecule has 1 aromatic rings. The molecule has 20 heavy (non-hydrogen) atoms. The lowest BCUT2D eigenvalue weighted by Gasteiger charge is -2.35. The zero-order valence-corrected chi connectivity index (χ0v) is 13.9. The minimum atomic E-state index is 0.400. The molecule has 4 heteroatoms. The molecule has 0 amide bonds. The number of piperazine rings is 1. The Kier molecular flexibility index (Phi) is 5.64. The number of ether oxygens (including phenoxy) is 1. The molecule has 1 atom stereocenters.